The number of likely N-dealkylation sites (tertiary alicyclic amines) is 1. The molecule has 0 amide bonds. The molecule has 0 spiro atoms. The number of halogens is 2. The van der Waals surface area contributed by atoms with Crippen molar-refractivity contribution in [2.24, 2.45) is 0 Å². The fourth-order valence-electron chi connectivity index (χ4n) is 4.61. The van der Waals surface area contributed by atoms with E-state index in [1.807, 2.05) is 6.07 Å². The highest BCUT2D eigenvalue weighted by Crippen LogP contribution is 2.37. The maximum atomic E-state index is 12.4. The molecule has 0 radical (unpaired) electrons. The van der Waals surface area contributed by atoms with Crippen LogP contribution in [-0.4, -0.2) is 48.3 Å². The smallest absolute Gasteiger partial charge is 0.335 e. The van der Waals surface area contributed by atoms with Crippen LogP contribution in [0.5, 0.6) is 0 Å². The second-order valence-electron chi connectivity index (χ2n) is 8.36. The predicted molar refractivity (Wildman–Crippen MR) is 127 cm³/mol. The average molecular weight is 487 g/mol. The number of hydrogen-bond acceptors (Lipinski definition) is 3. The minimum Gasteiger partial charge on any atom is -0.478 e. The highest BCUT2D eigenvalue weighted by atomic mass is 79.9. The third kappa shape index (κ3) is 5.18. The average Bonchev–Trinajstić information content (AvgIpc) is 3.08. The number of aryl methyl sites for hydroxylation is 1. The molecule has 2 aromatic carbocycles. The van der Waals surface area contributed by atoms with Gasteiger partial charge in [0.2, 0.25) is 0 Å². The zero-order chi connectivity index (χ0) is 21.8. The molecule has 1 atom stereocenters. The Morgan fingerprint density at radius 3 is 2.81 bits per heavy atom. The number of rotatable bonds is 7. The molecule has 1 saturated heterocycles. The van der Waals surface area contributed by atoms with Crippen LogP contribution in [0.2, 0.25) is 0 Å². The highest BCUT2D eigenvalue weighted by molar-refractivity contribution is 9.10. The second-order valence-corrected chi connectivity index (χ2v) is 9.21. The van der Waals surface area contributed by atoms with Gasteiger partial charge in [0, 0.05) is 35.8 Å². The molecule has 6 heteroatoms. The lowest BCUT2D eigenvalue weighted by atomic mass is 9.92. The van der Waals surface area contributed by atoms with E-state index in [4.69, 9.17) is 0 Å². The van der Waals surface area contributed by atoms with Gasteiger partial charge in [-0.25, -0.2) is 4.79 Å². The first-order chi connectivity index (χ1) is 15.0. The van der Waals surface area contributed by atoms with Crippen molar-refractivity contribution < 1.29 is 14.3 Å². The van der Waals surface area contributed by atoms with Crippen molar-refractivity contribution in [2.45, 2.75) is 38.1 Å². The Kier molecular flexibility index (Phi) is 7.08. The quantitative estimate of drug-likeness (QED) is 0.522. The molecule has 1 fully saturated rings. The standard InChI is InChI=1S/C25H28BrFN2O2/c26-23-15-19(25(30)31)14-18-4-1-2-5-22(24(18)23)17-6-8-20(9-7-17)28-21-10-13-29(16-21)12-3-11-27/h5-9,14-15,21,28H,1-4,10-13,16H2,(H,30,31). The minimum atomic E-state index is -0.899. The number of anilines is 1. The van der Waals surface area contributed by atoms with E-state index >= 15 is 0 Å². The first kappa shape index (κ1) is 22.0. The summed E-state index contributed by atoms with van der Waals surface area (Å²) >= 11 is 3.63. The lowest BCUT2D eigenvalue weighted by molar-refractivity contribution is 0.0696. The van der Waals surface area contributed by atoms with Gasteiger partial charge in [-0.2, -0.15) is 0 Å². The fourth-order valence-corrected chi connectivity index (χ4v) is 5.32. The van der Waals surface area contributed by atoms with E-state index in [0.717, 1.165) is 77.7 Å². The van der Waals surface area contributed by atoms with Crippen molar-refractivity contribution in [3.63, 3.8) is 0 Å². The van der Waals surface area contributed by atoms with Gasteiger partial charge in [-0.15, -0.1) is 0 Å². The monoisotopic (exact) mass is 486 g/mol. The maximum absolute atomic E-state index is 12.4. The number of aromatic carboxylic acids is 1. The molecule has 1 aliphatic carbocycles. The molecule has 4 rings (SSSR count). The van der Waals surface area contributed by atoms with Crippen LogP contribution in [-0.2, 0) is 6.42 Å². The van der Waals surface area contributed by atoms with Crippen LogP contribution in [0.15, 0.2) is 46.9 Å². The van der Waals surface area contributed by atoms with Crippen molar-refractivity contribution in [3.05, 3.63) is 69.2 Å². The van der Waals surface area contributed by atoms with Gasteiger partial charge in [0.05, 0.1) is 12.2 Å². The van der Waals surface area contributed by atoms with Crippen LogP contribution in [0.4, 0.5) is 10.1 Å². The van der Waals surface area contributed by atoms with Crippen LogP contribution in [0.1, 0.15) is 52.7 Å². The molecule has 164 valence electrons. The van der Waals surface area contributed by atoms with Gasteiger partial charge in [-0.05, 0) is 78.6 Å². The number of hydrogen-bond donors (Lipinski definition) is 2. The summed E-state index contributed by atoms with van der Waals surface area (Å²) < 4.78 is 13.2. The van der Waals surface area contributed by atoms with Crippen LogP contribution in [0.25, 0.3) is 5.57 Å². The molecule has 2 aromatic rings. The Bertz CT molecular complexity index is 974. The van der Waals surface area contributed by atoms with Gasteiger partial charge in [-0.1, -0.05) is 34.1 Å². The zero-order valence-electron chi connectivity index (χ0n) is 17.5. The van der Waals surface area contributed by atoms with E-state index in [2.05, 4.69) is 56.5 Å². The Morgan fingerprint density at radius 1 is 1.26 bits per heavy atom. The molecular formula is C25H28BrFN2O2. The molecule has 31 heavy (non-hydrogen) atoms. The molecule has 2 aliphatic rings. The van der Waals surface area contributed by atoms with Gasteiger partial charge >= 0.3 is 5.97 Å². The largest absolute Gasteiger partial charge is 0.478 e. The number of nitrogens with zero attached hydrogens (tertiary/aromatic N) is 1. The van der Waals surface area contributed by atoms with E-state index in [1.54, 1.807) is 6.07 Å². The van der Waals surface area contributed by atoms with E-state index in [0.29, 0.717) is 18.0 Å². The summed E-state index contributed by atoms with van der Waals surface area (Å²) in [4.78, 5) is 13.8. The first-order valence-electron chi connectivity index (χ1n) is 11.0. The van der Waals surface area contributed by atoms with Gasteiger partial charge in [0.15, 0.2) is 0 Å². The predicted octanol–water partition coefficient (Wildman–Crippen LogP) is 5.76. The van der Waals surface area contributed by atoms with E-state index in [-0.39, 0.29) is 6.67 Å². The number of carboxylic acids is 1. The summed E-state index contributed by atoms with van der Waals surface area (Å²) in [7, 11) is 0. The number of benzene rings is 2. The number of fused-ring (bicyclic) bond motifs is 1. The van der Waals surface area contributed by atoms with Crippen LogP contribution in [0.3, 0.4) is 0 Å². The van der Waals surface area contributed by atoms with Crippen molar-refractivity contribution in [3.8, 4) is 0 Å². The van der Waals surface area contributed by atoms with Crippen LogP contribution >= 0.6 is 15.9 Å². The van der Waals surface area contributed by atoms with Crippen molar-refractivity contribution >= 4 is 33.2 Å². The molecule has 1 aliphatic heterocycles. The summed E-state index contributed by atoms with van der Waals surface area (Å²) in [5.41, 5.74) is 5.88. The second kappa shape index (κ2) is 9.96. The van der Waals surface area contributed by atoms with Crippen LogP contribution in [0, 0.1) is 0 Å². The van der Waals surface area contributed by atoms with Crippen LogP contribution < -0.4 is 5.32 Å². The lowest BCUT2D eigenvalue weighted by Gasteiger charge is -2.18. The molecule has 0 aromatic heterocycles. The lowest BCUT2D eigenvalue weighted by Crippen LogP contribution is -2.27. The van der Waals surface area contributed by atoms with E-state index in [9.17, 15) is 14.3 Å². The Labute approximate surface area is 191 Å². The van der Waals surface area contributed by atoms with Gasteiger partial charge in [-0.3, -0.25) is 4.39 Å². The van der Waals surface area contributed by atoms with Gasteiger partial charge in [0.1, 0.15) is 0 Å². The number of alkyl halides is 1. The molecule has 0 bridgehead atoms. The normalized spacial score (nSPS) is 18.9. The van der Waals surface area contributed by atoms with E-state index < -0.39 is 5.97 Å². The summed E-state index contributed by atoms with van der Waals surface area (Å²) in [5, 5.41) is 13.0. The molecule has 4 nitrogen and oxygen atoms in total. The molecule has 0 saturated carbocycles. The van der Waals surface area contributed by atoms with Crippen molar-refractivity contribution in [1.29, 1.82) is 0 Å². The Hall–Kier alpha value is -2.18. The van der Waals surface area contributed by atoms with Crippen molar-refractivity contribution in [2.75, 3.05) is 31.6 Å². The third-order valence-electron chi connectivity index (χ3n) is 6.13. The molecule has 1 heterocycles. The Balaban J connectivity index is 1.51. The summed E-state index contributed by atoms with van der Waals surface area (Å²) in [5.74, 6) is -0.899. The highest BCUT2D eigenvalue weighted by Gasteiger charge is 2.22. The molecule has 2 N–H and O–H groups in total. The van der Waals surface area contributed by atoms with Gasteiger partial charge < -0.3 is 15.3 Å². The number of allylic oxidation sites excluding steroid dienone is 1. The minimum absolute atomic E-state index is 0.247. The summed E-state index contributed by atoms with van der Waals surface area (Å²) in [6, 6.07) is 12.4. The van der Waals surface area contributed by atoms with E-state index in [1.165, 1.54) is 0 Å². The van der Waals surface area contributed by atoms with Gasteiger partial charge in [0.25, 0.3) is 0 Å². The molecule has 1 unspecified atom stereocenters. The zero-order valence-corrected chi connectivity index (χ0v) is 19.1. The third-order valence-corrected chi connectivity index (χ3v) is 6.76. The SMILES string of the molecule is O=C(O)c1cc(Br)c2c(c1)CCCC=C2c1ccc(NC2CCN(CCCF)C2)cc1. The number of carbonyl (C=O) groups is 1. The number of carboxylic acid groups (broad SMARTS) is 1. The number of nitrogens with one attached hydrogen (secondary N) is 1. The summed E-state index contributed by atoms with van der Waals surface area (Å²) in [6.45, 7) is 2.56. The Morgan fingerprint density at radius 2 is 2.06 bits per heavy atom. The first-order valence-corrected chi connectivity index (χ1v) is 11.8. The fraction of sp³-hybridized carbons (Fsp3) is 0.400. The summed E-state index contributed by atoms with van der Waals surface area (Å²) in [6.07, 6.45) is 6.79. The van der Waals surface area contributed by atoms with Crippen molar-refractivity contribution in [1.82, 2.24) is 4.90 Å². The topological polar surface area (TPSA) is 52.6 Å². The maximum Gasteiger partial charge on any atom is 0.335 e. The molecular weight excluding hydrogens is 459 g/mol.